The molecule has 1 aromatic heterocycles. The van der Waals surface area contributed by atoms with Crippen LogP contribution in [0, 0.1) is 13.8 Å². The Hall–Kier alpha value is -2.54. The fourth-order valence-electron chi connectivity index (χ4n) is 3.48. The minimum atomic E-state index is 0.0115. The topological polar surface area (TPSA) is 62.6 Å². The van der Waals surface area contributed by atoms with E-state index in [2.05, 4.69) is 26.3 Å². The molecule has 0 saturated carbocycles. The van der Waals surface area contributed by atoms with Crippen molar-refractivity contribution in [1.29, 1.82) is 0 Å². The van der Waals surface area contributed by atoms with E-state index in [1.165, 1.54) is 0 Å². The SMILES string of the molecule is CCOc1ccccc1N1CCN(CC(=O)Nc2c(C)nn(C)c2C)CC1. The summed E-state index contributed by atoms with van der Waals surface area (Å²) < 4.78 is 7.54. The molecule has 7 heteroatoms. The number of nitrogens with one attached hydrogen (secondary N) is 1. The van der Waals surface area contributed by atoms with Crippen molar-refractivity contribution in [2.24, 2.45) is 7.05 Å². The molecule has 1 amide bonds. The predicted molar refractivity (Wildman–Crippen MR) is 108 cm³/mol. The fraction of sp³-hybridized carbons (Fsp3) is 0.500. The van der Waals surface area contributed by atoms with Crippen molar-refractivity contribution in [3.63, 3.8) is 0 Å². The summed E-state index contributed by atoms with van der Waals surface area (Å²) in [6.45, 7) is 10.4. The van der Waals surface area contributed by atoms with Crippen molar-refractivity contribution in [1.82, 2.24) is 14.7 Å². The van der Waals surface area contributed by atoms with Crippen LogP contribution in [0.25, 0.3) is 0 Å². The summed E-state index contributed by atoms with van der Waals surface area (Å²) in [6.07, 6.45) is 0. The number of hydrogen-bond donors (Lipinski definition) is 1. The fourth-order valence-corrected chi connectivity index (χ4v) is 3.48. The van der Waals surface area contributed by atoms with Gasteiger partial charge in [0.1, 0.15) is 5.75 Å². The maximum atomic E-state index is 12.5. The van der Waals surface area contributed by atoms with E-state index in [0.29, 0.717) is 13.2 Å². The van der Waals surface area contributed by atoms with Crippen molar-refractivity contribution >= 4 is 17.3 Å². The first-order valence-electron chi connectivity index (χ1n) is 9.48. The Kier molecular flexibility index (Phi) is 6.01. The Balaban J connectivity index is 1.54. The highest BCUT2D eigenvalue weighted by molar-refractivity contribution is 5.93. The van der Waals surface area contributed by atoms with Crippen LogP contribution in [0.3, 0.4) is 0 Å². The average molecular weight is 371 g/mol. The van der Waals surface area contributed by atoms with Crippen LogP contribution in [0.4, 0.5) is 11.4 Å². The van der Waals surface area contributed by atoms with Crippen LogP contribution in [0.15, 0.2) is 24.3 Å². The Labute approximate surface area is 160 Å². The van der Waals surface area contributed by atoms with Crippen LogP contribution in [0.1, 0.15) is 18.3 Å². The lowest BCUT2D eigenvalue weighted by Gasteiger charge is -2.36. The Morgan fingerprint density at radius 2 is 1.89 bits per heavy atom. The summed E-state index contributed by atoms with van der Waals surface area (Å²) >= 11 is 0. The van der Waals surface area contributed by atoms with Crippen LogP contribution in [-0.2, 0) is 11.8 Å². The van der Waals surface area contributed by atoms with E-state index >= 15 is 0 Å². The molecule has 1 aromatic carbocycles. The average Bonchev–Trinajstić information content (AvgIpc) is 2.89. The lowest BCUT2D eigenvalue weighted by atomic mass is 10.2. The van der Waals surface area contributed by atoms with Crippen molar-refractivity contribution in [2.75, 3.05) is 49.5 Å². The first-order valence-corrected chi connectivity index (χ1v) is 9.48. The number of carbonyl (C=O) groups excluding carboxylic acids is 1. The molecular formula is C20H29N5O2. The maximum absolute atomic E-state index is 12.5. The third-order valence-corrected chi connectivity index (χ3v) is 5.02. The van der Waals surface area contributed by atoms with Crippen LogP contribution in [0.5, 0.6) is 5.75 Å². The molecule has 146 valence electrons. The summed E-state index contributed by atoms with van der Waals surface area (Å²) in [7, 11) is 1.89. The first kappa shape index (κ1) is 19.2. The quantitative estimate of drug-likeness (QED) is 0.843. The molecule has 1 aliphatic rings. The number of hydrogen-bond acceptors (Lipinski definition) is 5. The molecule has 0 unspecified atom stereocenters. The zero-order valence-electron chi connectivity index (χ0n) is 16.7. The first-order chi connectivity index (χ1) is 13.0. The van der Waals surface area contributed by atoms with E-state index in [4.69, 9.17) is 4.74 Å². The Bertz CT molecular complexity index is 794. The number of rotatable bonds is 6. The standard InChI is InChI=1S/C20H29N5O2/c1-5-27-18-9-7-6-8-17(18)25-12-10-24(11-13-25)14-19(26)21-20-15(2)22-23(4)16(20)3/h6-9H,5,10-14H2,1-4H3,(H,21,26). The minimum Gasteiger partial charge on any atom is -0.492 e. The summed E-state index contributed by atoms with van der Waals surface area (Å²) in [4.78, 5) is 17.0. The van der Waals surface area contributed by atoms with Crippen molar-refractivity contribution in [2.45, 2.75) is 20.8 Å². The van der Waals surface area contributed by atoms with Crippen molar-refractivity contribution in [3.05, 3.63) is 35.7 Å². The van der Waals surface area contributed by atoms with Gasteiger partial charge in [-0.2, -0.15) is 5.10 Å². The van der Waals surface area contributed by atoms with Crippen LogP contribution < -0.4 is 15.0 Å². The molecule has 1 aliphatic heterocycles. The molecule has 0 spiro atoms. The second-order valence-electron chi connectivity index (χ2n) is 6.88. The van der Waals surface area contributed by atoms with Gasteiger partial charge in [-0.25, -0.2) is 0 Å². The largest absolute Gasteiger partial charge is 0.492 e. The molecule has 2 aromatic rings. The van der Waals surface area contributed by atoms with Crippen molar-refractivity contribution < 1.29 is 9.53 Å². The molecule has 1 saturated heterocycles. The third kappa shape index (κ3) is 4.42. The number of amides is 1. The number of benzene rings is 1. The molecular weight excluding hydrogens is 342 g/mol. The van der Waals surface area contributed by atoms with E-state index < -0.39 is 0 Å². The van der Waals surface area contributed by atoms with Gasteiger partial charge in [-0.1, -0.05) is 12.1 Å². The van der Waals surface area contributed by atoms with Gasteiger partial charge in [0.05, 0.1) is 35.9 Å². The number of nitrogens with zero attached hydrogens (tertiary/aromatic N) is 4. The number of anilines is 2. The van der Waals surface area contributed by atoms with Gasteiger partial charge in [-0.15, -0.1) is 0 Å². The van der Waals surface area contributed by atoms with E-state index in [1.807, 2.05) is 46.0 Å². The lowest BCUT2D eigenvalue weighted by molar-refractivity contribution is -0.117. The van der Waals surface area contributed by atoms with Gasteiger partial charge >= 0.3 is 0 Å². The van der Waals surface area contributed by atoms with Gasteiger partial charge < -0.3 is 15.0 Å². The Morgan fingerprint density at radius 1 is 1.19 bits per heavy atom. The van der Waals surface area contributed by atoms with Crippen LogP contribution in [-0.4, -0.2) is 59.9 Å². The van der Waals surface area contributed by atoms with Crippen LogP contribution >= 0.6 is 0 Å². The highest BCUT2D eigenvalue weighted by Gasteiger charge is 2.22. The van der Waals surface area contributed by atoms with Gasteiger partial charge in [0.25, 0.3) is 0 Å². The van der Waals surface area contributed by atoms with Crippen molar-refractivity contribution in [3.8, 4) is 5.75 Å². The van der Waals surface area contributed by atoms with Crippen LogP contribution in [0.2, 0.25) is 0 Å². The monoisotopic (exact) mass is 371 g/mol. The molecule has 0 radical (unpaired) electrons. The number of aryl methyl sites for hydroxylation is 2. The highest BCUT2D eigenvalue weighted by Crippen LogP contribution is 2.28. The van der Waals surface area contributed by atoms with E-state index in [-0.39, 0.29) is 5.91 Å². The summed E-state index contributed by atoms with van der Waals surface area (Å²) in [5.41, 5.74) is 3.77. The summed E-state index contributed by atoms with van der Waals surface area (Å²) in [5.74, 6) is 0.936. The molecule has 2 heterocycles. The number of aromatic nitrogens is 2. The second-order valence-corrected chi connectivity index (χ2v) is 6.88. The zero-order valence-corrected chi connectivity index (χ0v) is 16.7. The van der Waals surface area contributed by atoms with Gasteiger partial charge in [0.2, 0.25) is 5.91 Å². The molecule has 7 nitrogen and oxygen atoms in total. The number of carbonyl (C=O) groups is 1. The molecule has 0 atom stereocenters. The van der Waals surface area contributed by atoms with Gasteiger partial charge in [0.15, 0.2) is 0 Å². The molecule has 27 heavy (non-hydrogen) atoms. The second kappa shape index (κ2) is 8.43. The molecule has 1 N–H and O–H groups in total. The molecule has 3 rings (SSSR count). The van der Waals surface area contributed by atoms with Gasteiger partial charge in [0, 0.05) is 33.2 Å². The summed E-state index contributed by atoms with van der Waals surface area (Å²) in [5, 5.41) is 7.36. The number of piperazine rings is 1. The third-order valence-electron chi connectivity index (χ3n) is 5.02. The number of ether oxygens (including phenoxy) is 1. The number of para-hydroxylation sites is 2. The smallest absolute Gasteiger partial charge is 0.238 e. The zero-order chi connectivity index (χ0) is 19.4. The van der Waals surface area contributed by atoms with Gasteiger partial charge in [-0.05, 0) is 32.9 Å². The molecule has 0 aliphatic carbocycles. The minimum absolute atomic E-state index is 0.0115. The normalized spacial score (nSPS) is 15.0. The van der Waals surface area contributed by atoms with E-state index in [1.54, 1.807) is 4.68 Å². The van der Waals surface area contributed by atoms with E-state index in [9.17, 15) is 4.79 Å². The van der Waals surface area contributed by atoms with E-state index in [0.717, 1.165) is 54.7 Å². The van der Waals surface area contributed by atoms with Gasteiger partial charge in [-0.3, -0.25) is 14.4 Å². The predicted octanol–water partition coefficient (Wildman–Crippen LogP) is 2.20. The lowest BCUT2D eigenvalue weighted by Crippen LogP contribution is -2.48. The highest BCUT2D eigenvalue weighted by atomic mass is 16.5. The summed E-state index contributed by atoms with van der Waals surface area (Å²) in [6, 6.07) is 8.15. The molecule has 0 bridgehead atoms. The maximum Gasteiger partial charge on any atom is 0.238 e. The molecule has 1 fully saturated rings. The Morgan fingerprint density at radius 3 is 2.52 bits per heavy atom.